The molecular formula is C13H26N2. The second-order valence-electron chi connectivity index (χ2n) is 6.32. The van der Waals surface area contributed by atoms with Crippen LogP contribution in [0.3, 0.4) is 0 Å². The van der Waals surface area contributed by atoms with Crippen molar-refractivity contribution >= 4 is 0 Å². The van der Waals surface area contributed by atoms with Crippen LogP contribution in [0.5, 0.6) is 0 Å². The van der Waals surface area contributed by atoms with Crippen molar-refractivity contribution in [2.45, 2.75) is 58.5 Å². The number of rotatable bonds is 1. The number of hydrogen-bond acceptors (Lipinski definition) is 2. The third-order valence-corrected chi connectivity index (χ3v) is 4.69. The van der Waals surface area contributed by atoms with Crippen LogP contribution >= 0.6 is 0 Å². The summed E-state index contributed by atoms with van der Waals surface area (Å²) in [6.07, 6.45) is 5.46. The van der Waals surface area contributed by atoms with E-state index in [9.17, 15) is 0 Å². The van der Waals surface area contributed by atoms with Crippen LogP contribution in [0, 0.1) is 11.3 Å². The zero-order valence-electron chi connectivity index (χ0n) is 10.5. The number of likely N-dealkylation sites (tertiary alicyclic amines) is 1. The largest absolute Gasteiger partial charge is 0.326 e. The maximum atomic E-state index is 6.18. The molecule has 1 heterocycles. The van der Waals surface area contributed by atoms with Gasteiger partial charge in [-0.2, -0.15) is 0 Å². The van der Waals surface area contributed by atoms with Crippen molar-refractivity contribution in [3.05, 3.63) is 0 Å². The van der Waals surface area contributed by atoms with Crippen LogP contribution in [-0.2, 0) is 0 Å². The Hall–Kier alpha value is -0.0800. The van der Waals surface area contributed by atoms with Gasteiger partial charge in [0.25, 0.3) is 0 Å². The fourth-order valence-electron chi connectivity index (χ4n) is 3.39. The van der Waals surface area contributed by atoms with Gasteiger partial charge in [0.1, 0.15) is 0 Å². The Morgan fingerprint density at radius 1 is 1.27 bits per heavy atom. The van der Waals surface area contributed by atoms with E-state index in [0.29, 0.717) is 17.4 Å². The molecule has 88 valence electrons. The standard InChI is InChI=1S/C13H26N2/c1-10-6-8-15(9-11(10)14)12-5-4-7-13(12,2)3/h10-12H,4-9,14H2,1-3H3. The van der Waals surface area contributed by atoms with E-state index < -0.39 is 0 Å². The summed E-state index contributed by atoms with van der Waals surface area (Å²) in [5.74, 6) is 0.714. The first kappa shape index (κ1) is 11.4. The van der Waals surface area contributed by atoms with E-state index in [0.717, 1.165) is 12.6 Å². The molecule has 2 heteroatoms. The minimum Gasteiger partial charge on any atom is -0.326 e. The molecule has 0 aromatic heterocycles. The molecule has 0 aromatic carbocycles. The van der Waals surface area contributed by atoms with E-state index in [1.54, 1.807) is 0 Å². The minimum absolute atomic E-state index is 0.398. The van der Waals surface area contributed by atoms with Crippen molar-refractivity contribution in [3.8, 4) is 0 Å². The van der Waals surface area contributed by atoms with Gasteiger partial charge in [0.05, 0.1) is 0 Å². The molecule has 2 rings (SSSR count). The Labute approximate surface area is 94.2 Å². The average Bonchev–Trinajstić information content (AvgIpc) is 2.50. The molecule has 1 saturated heterocycles. The molecule has 0 aromatic rings. The fraction of sp³-hybridized carbons (Fsp3) is 1.00. The van der Waals surface area contributed by atoms with E-state index in [2.05, 4.69) is 25.7 Å². The lowest BCUT2D eigenvalue weighted by atomic mass is 9.84. The Balaban J connectivity index is 1.99. The summed E-state index contributed by atoms with van der Waals surface area (Å²) in [7, 11) is 0. The third-order valence-electron chi connectivity index (χ3n) is 4.69. The van der Waals surface area contributed by atoms with Crippen molar-refractivity contribution in [1.82, 2.24) is 4.90 Å². The van der Waals surface area contributed by atoms with Crippen LogP contribution in [0.25, 0.3) is 0 Å². The molecule has 15 heavy (non-hydrogen) atoms. The first-order chi connectivity index (χ1) is 7.00. The van der Waals surface area contributed by atoms with Crippen LogP contribution in [0.1, 0.15) is 46.5 Å². The summed E-state index contributed by atoms with van der Waals surface area (Å²) < 4.78 is 0. The highest BCUT2D eigenvalue weighted by Gasteiger charge is 2.40. The van der Waals surface area contributed by atoms with Crippen LogP contribution < -0.4 is 5.73 Å². The molecule has 2 fully saturated rings. The molecule has 1 aliphatic carbocycles. The number of piperidine rings is 1. The molecule has 0 amide bonds. The van der Waals surface area contributed by atoms with Gasteiger partial charge in [-0.15, -0.1) is 0 Å². The highest BCUT2D eigenvalue weighted by molar-refractivity contribution is 4.95. The van der Waals surface area contributed by atoms with Gasteiger partial charge in [-0.3, -0.25) is 4.90 Å². The van der Waals surface area contributed by atoms with Gasteiger partial charge in [-0.1, -0.05) is 27.2 Å². The zero-order chi connectivity index (χ0) is 11.1. The van der Waals surface area contributed by atoms with Crippen molar-refractivity contribution in [2.75, 3.05) is 13.1 Å². The lowest BCUT2D eigenvalue weighted by molar-refractivity contribution is 0.0673. The van der Waals surface area contributed by atoms with E-state index in [1.807, 2.05) is 0 Å². The summed E-state index contributed by atoms with van der Waals surface area (Å²) in [6.45, 7) is 9.53. The lowest BCUT2D eigenvalue weighted by Crippen LogP contribution is -2.53. The molecule has 3 unspecified atom stereocenters. The van der Waals surface area contributed by atoms with Crippen LogP contribution in [0.4, 0.5) is 0 Å². The number of hydrogen-bond donors (Lipinski definition) is 1. The SMILES string of the molecule is CC1CCN(C2CCCC2(C)C)CC1N. The average molecular weight is 210 g/mol. The second kappa shape index (κ2) is 4.06. The second-order valence-corrected chi connectivity index (χ2v) is 6.32. The first-order valence-corrected chi connectivity index (χ1v) is 6.50. The molecule has 0 bridgehead atoms. The molecule has 0 spiro atoms. The minimum atomic E-state index is 0.398. The van der Waals surface area contributed by atoms with Gasteiger partial charge in [-0.25, -0.2) is 0 Å². The molecule has 0 radical (unpaired) electrons. The number of nitrogens with two attached hydrogens (primary N) is 1. The Morgan fingerprint density at radius 2 is 2.00 bits per heavy atom. The maximum Gasteiger partial charge on any atom is 0.0194 e. The predicted molar refractivity (Wildman–Crippen MR) is 64.7 cm³/mol. The van der Waals surface area contributed by atoms with Crippen molar-refractivity contribution in [3.63, 3.8) is 0 Å². The molecular weight excluding hydrogens is 184 g/mol. The van der Waals surface area contributed by atoms with Gasteiger partial charge in [0.2, 0.25) is 0 Å². The smallest absolute Gasteiger partial charge is 0.0194 e. The highest BCUT2D eigenvalue weighted by Crippen LogP contribution is 2.41. The number of nitrogens with zero attached hydrogens (tertiary/aromatic N) is 1. The van der Waals surface area contributed by atoms with Gasteiger partial charge < -0.3 is 5.73 Å². The fourth-order valence-corrected chi connectivity index (χ4v) is 3.39. The maximum absolute atomic E-state index is 6.18. The van der Waals surface area contributed by atoms with Crippen LogP contribution in [-0.4, -0.2) is 30.1 Å². The van der Waals surface area contributed by atoms with Gasteiger partial charge in [0.15, 0.2) is 0 Å². The molecule has 2 nitrogen and oxygen atoms in total. The third kappa shape index (κ3) is 2.21. The van der Waals surface area contributed by atoms with Crippen molar-refractivity contribution < 1.29 is 0 Å². The van der Waals surface area contributed by atoms with E-state index >= 15 is 0 Å². The molecule has 2 aliphatic rings. The predicted octanol–water partition coefficient (Wildman–Crippen LogP) is 2.23. The molecule has 1 saturated carbocycles. The highest BCUT2D eigenvalue weighted by atomic mass is 15.2. The van der Waals surface area contributed by atoms with Crippen LogP contribution in [0.2, 0.25) is 0 Å². The van der Waals surface area contributed by atoms with Crippen LogP contribution in [0.15, 0.2) is 0 Å². The zero-order valence-corrected chi connectivity index (χ0v) is 10.5. The van der Waals surface area contributed by atoms with Gasteiger partial charge in [-0.05, 0) is 37.1 Å². The summed E-state index contributed by atoms with van der Waals surface area (Å²) in [6, 6.07) is 1.19. The summed E-state index contributed by atoms with van der Waals surface area (Å²) in [4.78, 5) is 2.66. The summed E-state index contributed by atoms with van der Waals surface area (Å²) >= 11 is 0. The van der Waals surface area contributed by atoms with E-state index in [4.69, 9.17) is 5.73 Å². The van der Waals surface area contributed by atoms with Gasteiger partial charge >= 0.3 is 0 Å². The monoisotopic (exact) mass is 210 g/mol. The van der Waals surface area contributed by atoms with Crippen molar-refractivity contribution in [1.29, 1.82) is 0 Å². The van der Waals surface area contributed by atoms with Gasteiger partial charge in [0, 0.05) is 18.6 Å². The van der Waals surface area contributed by atoms with Crippen molar-refractivity contribution in [2.24, 2.45) is 17.1 Å². The Kier molecular flexibility index (Phi) is 3.09. The molecule has 1 aliphatic heterocycles. The topological polar surface area (TPSA) is 29.3 Å². The van der Waals surface area contributed by atoms with E-state index in [-0.39, 0.29) is 0 Å². The summed E-state index contributed by atoms with van der Waals surface area (Å²) in [5.41, 5.74) is 6.70. The molecule has 2 N–H and O–H groups in total. The molecule has 3 atom stereocenters. The quantitative estimate of drug-likeness (QED) is 0.719. The Morgan fingerprint density at radius 3 is 2.53 bits per heavy atom. The van der Waals surface area contributed by atoms with E-state index in [1.165, 1.54) is 32.2 Å². The Bertz CT molecular complexity index is 225. The normalized spacial score (nSPS) is 42.0. The summed E-state index contributed by atoms with van der Waals surface area (Å²) in [5, 5.41) is 0. The first-order valence-electron chi connectivity index (χ1n) is 6.50. The lowest BCUT2D eigenvalue weighted by Gasteiger charge is -2.43.